The normalized spacial score (nSPS) is 11.0. The van der Waals surface area contributed by atoms with Crippen LogP contribution in [0.5, 0.6) is 5.75 Å². The van der Waals surface area contributed by atoms with E-state index in [1.165, 1.54) is 14.0 Å². The zero-order valence-electron chi connectivity index (χ0n) is 12.1. The Bertz CT molecular complexity index is 483. The maximum absolute atomic E-state index is 11.5. The minimum absolute atomic E-state index is 0.0569. The van der Waals surface area contributed by atoms with Gasteiger partial charge in [-0.05, 0) is 30.0 Å². The van der Waals surface area contributed by atoms with E-state index < -0.39 is 5.97 Å². The van der Waals surface area contributed by atoms with E-state index in [-0.39, 0.29) is 17.8 Å². The lowest BCUT2D eigenvalue weighted by molar-refractivity contribution is -0.142. The van der Waals surface area contributed by atoms with Crippen molar-refractivity contribution in [2.75, 3.05) is 13.7 Å². The first kappa shape index (κ1) is 15.2. The second-order valence-corrected chi connectivity index (χ2v) is 5.38. The van der Waals surface area contributed by atoms with Crippen LogP contribution in [0.2, 0.25) is 0 Å². The van der Waals surface area contributed by atoms with Gasteiger partial charge in [0.15, 0.2) is 12.4 Å². The highest BCUT2D eigenvalue weighted by molar-refractivity contribution is 5.97. The summed E-state index contributed by atoms with van der Waals surface area (Å²) in [5.41, 5.74) is 1.45. The van der Waals surface area contributed by atoms with Crippen LogP contribution in [0.1, 0.15) is 43.6 Å². The number of hydrogen-bond acceptors (Lipinski definition) is 4. The number of hydrogen-bond donors (Lipinski definition) is 0. The summed E-state index contributed by atoms with van der Waals surface area (Å²) in [6.45, 7) is 7.47. The summed E-state index contributed by atoms with van der Waals surface area (Å²) < 4.78 is 9.91. The molecule has 0 aromatic heterocycles. The van der Waals surface area contributed by atoms with Crippen LogP contribution in [0.4, 0.5) is 0 Å². The lowest BCUT2D eigenvalue weighted by Crippen LogP contribution is -2.16. The molecule has 0 radical (unpaired) electrons. The molecule has 0 atom stereocenters. The first-order valence-corrected chi connectivity index (χ1v) is 6.11. The molecule has 0 aliphatic rings. The molecule has 0 saturated carbocycles. The zero-order chi connectivity index (χ0) is 14.6. The maximum atomic E-state index is 11.5. The lowest BCUT2D eigenvalue weighted by atomic mass is 9.86. The zero-order valence-corrected chi connectivity index (χ0v) is 12.1. The van der Waals surface area contributed by atoms with E-state index in [4.69, 9.17) is 4.74 Å². The fourth-order valence-corrected chi connectivity index (χ4v) is 1.59. The van der Waals surface area contributed by atoms with E-state index in [1.807, 2.05) is 6.07 Å². The third-order valence-electron chi connectivity index (χ3n) is 2.80. The van der Waals surface area contributed by atoms with Gasteiger partial charge in [0, 0.05) is 0 Å². The fraction of sp³-hybridized carbons (Fsp3) is 0.467. The van der Waals surface area contributed by atoms with Gasteiger partial charge in [0.05, 0.1) is 12.7 Å². The number of rotatable bonds is 4. The highest BCUT2D eigenvalue weighted by Gasteiger charge is 2.18. The van der Waals surface area contributed by atoms with E-state index in [0.29, 0.717) is 11.3 Å². The number of esters is 1. The van der Waals surface area contributed by atoms with Crippen molar-refractivity contribution < 1.29 is 19.1 Å². The van der Waals surface area contributed by atoms with E-state index in [0.717, 1.165) is 5.56 Å². The number of ether oxygens (including phenoxy) is 2. The van der Waals surface area contributed by atoms with Gasteiger partial charge >= 0.3 is 5.97 Å². The van der Waals surface area contributed by atoms with Crippen molar-refractivity contribution in [2.45, 2.75) is 33.1 Å². The highest BCUT2D eigenvalue weighted by Crippen LogP contribution is 2.29. The Morgan fingerprint density at radius 3 is 2.32 bits per heavy atom. The standard InChI is InChI=1S/C15H20O4/c1-10(16)12-7-6-11(15(2,3)4)8-13(12)19-9-14(17)18-5/h6-8H,9H2,1-5H3. The van der Waals surface area contributed by atoms with Crippen molar-refractivity contribution in [2.24, 2.45) is 0 Å². The van der Waals surface area contributed by atoms with E-state index in [1.54, 1.807) is 12.1 Å². The second kappa shape index (κ2) is 5.87. The van der Waals surface area contributed by atoms with Crippen LogP contribution < -0.4 is 4.74 Å². The number of carbonyl (C=O) groups is 2. The van der Waals surface area contributed by atoms with E-state index in [9.17, 15) is 9.59 Å². The monoisotopic (exact) mass is 264 g/mol. The quantitative estimate of drug-likeness (QED) is 0.620. The molecule has 19 heavy (non-hydrogen) atoms. The van der Waals surface area contributed by atoms with Gasteiger partial charge in [-0.2, -0.15) is 0 Å². The summed E-state index contributed by atoms with van der Waals surface area (Å²) in [4.78, 5) is 22.7. The Kier molecular flexibility index (Phi) is 4.70. The Labute approximate surface area is 113 Å². The van der Waals surface area contributed by atoms with Crippen LogP contribution in [-0.2, 0) is 14.9 Å². The molecule has 0 saturated heterocycles. The molecule has 0 amide bonds. The molecule has 0 aliphatic carbocycles. The molecule has 104 valence electrons. The van der Waals surface area contributed by atoms with Gasteiger partial charge in [-0.25, -0.2) is 4.79 Å². The first-order chi connectivity index (χ1) is 8.75. The summed E-state index contributed by atoms with van der Waals surface area (Å²) in [6, 6.07) is 5.44. The van der Waals surface area contributed by atoms with Gasteiger partial charge in [0.25, 0.3) is 0 Å². The molecule has 4 heteroatoms. The molecule has 0 heterocycles. The summed E-state index contributed by atoms with van der Waals surface area (Å²) in [7, 11) is 1.29. The molecule has 4 nitrogen and oxygen atoms in total. The molecule has 1 aromatic carbocycles. The second-order valence-electron chi connectivity index (χ2n) is 5.38. The van der Waals surface area contributed by atoms with Crippen LogP contribution in [-0.4, -0.2) is 25.5 Å². The van der Waals surface area contributed by atoms with Gasteiger partial charge in [-0.15, -0.1) is 0 Å². The lowest BCUT2D eigenvalue weighted by Gasteiger charge is -2.21. The van der Waals surface area contributed by atoms with E-state index in [2.05, 4.69) is 25.5 Å². The molecule has 0 fully saturated rings. The Hall–Kier alpha value is -1.84. The van der Waals surface area contributed by atoms with Crippen LogP contribution in [0.15, 0.2) is 18.2 Å². The van der Waals surface area contributed by atoms with Crippen molar-refractivity contribution >= 4 is 11.8 Å². The molecular weight excluding hydrogens is 244 g/mol. The molecule has 0 spiro atoms. The molecule has 1 rings (SSSR count). The van der Waals surface area contributed by atoms with Crippen LogP contribution in [0, 0.1) is 0 Å². The minimum Gasteiger partial charge on any atom is -0.481 e. The maximum Gasteiger partial charge on any atom is 0.343 e. The molecule has 0 aliphatic heterocycles. The van der Waals surface area contributed by atoms with Crippen molar-refractivity contribution in [3.63, 3.8) is 0 Å². The molecule has 0 bridgehead atoms. The van der Waals surface area contributed by atoms with Gasteiger partial charge in [0.2, 0.25) is 0 Å². The van der Waals surface area contributed by atoms with Gasteiger partial charge in [-0.1, -0.05) is 26.8 Å². The number of Topliss-reactive ketones (excluding diaryl/α,β-unsaturated/α-hetero) is 1. The topological polar surface area (TPSA) is 52.6 Å². The molecule has 0 N–H and O–H groups in total. The third-order valence-corrected chi connectivity index (χ3v) is 2.80. The third kappa shape index (κ3) is 4.09. The molecular formula is C15H20O4. The molecule has 1 aromatic rings. The summed E-state index contributed by atoms with van der Waals surface area (Å²) in [5, 5.41) is 0. The number of carbonyl (C=O) groups excluding carboxylic acids is 2. The first-order valence-electron chi connectivity index (χ1n) is 6.11. The number of ketones is 1. The Balaban J connectivity index is 3.09. The van der Waals surface area contributed by atoms with Crippen LogP contribution >= 0.6 is 0 Å². The Morgan fingerprint density at radius 1 is 1.21 bits per heavy atom. The van der Waals surface area contributed by atoms with Crippen molar-refractivity contribution in [3.8, 4) is 5.75 Å². The predicted octanol–water partition coefficient (Wildman–Crippen LogP) is 2.74. The minimum atomic E-state index is -0.476. The Morgan fingerprint density at radius 2 is 1.84 bits per heavy atom. The van der Waals surface area contributed by atoms with Gasteiger partial charge < -0.3 is 9.47 Å². The fourth-order valence-electron chi connectivity index (χ4n) is 1.59. The largest absolute Gasteiger partial charge is 0.481 e. The summed E-state index contributed by atoms with van der Waals surface area (Å²) in [6.07, 6.45) is 0. The molecule has 0 unspecified atom stereocenters. The smallest absolute Gasteiger partial charge is 0.343 e. The predicted molar refractivity (Wildman–Crippen MR) is 72.7 cm³/mol. The average molecular weight is 264 g/mol. The highest BCUT2D eigenvalue weighted by atomic mass is 16.6. The van der Waals surface area contributed by atoms with Crippen LogP contribution in [0.3, 0.4) is 0 Å². The van der Waals surface area contributed by atoms with Gasteiger partial charge in [-0.3, -0.25) is 4.79 Å². The van der Waals surface area contributed by atoms with Crippen molar-refractivity contribution in [1.82, 2.24) is 0 Å². The average Bonchev–Trinajstić information content (AvgIpc) is 2.34. The number of methoxy groups -OCH3 is 1. The van der Waals surface area contributed by atoms with Crippen molar-refractivity contribution in [1.29, 1.82) is 0 Å². The SMILES string of the molecule is COC(=O)COc1cc(C(C)(C)C)ccc1C(C)=O. The summed E-state index contributed by atoms with van der Waals surface area (Å²) in [5.74, 6) is -0.152. The summed E-state index contributed by atoms with van der Waals surface area (Å²) >= 11 is 0. The van der Waals surface area contributed by atoms with Gasteiger partial charge in [0.1, 0.15) is 5.75 Å². The van der Waals surface area contributed by atoms with E-state index >= 15 is 0 Å². The van der Waals surface area contributed by atoms with Crippen LogP contribution in [0.25, 0.3) is 0 Å². The number of benzene rings is 1. The van der Waals surface area contributed by atoms with Crippen molar-refractivity contribution in [3.05, 3.63) is 29.3 Å².